The molecule has 0 saturated carbocycles. The van der Waals surface area contributed by atoms with Gasteiger partial charge in [-0.1, -0.05) is 12.1 Å². The molecule has 2 aromatic rings. The van der Waals surface area contributed by atoms with Gasteiger partial charge in [0.25, 0.3) is 0 Å². The van der Waals surface area contributed by atoms with Gasteiger partial charge in [-0.05, 0) is 55.2 Å². The summed E-state index contributed by atoms with van der Waals surface area (Å²) in [6, 6.07) is 10.2. The number of aromatic nitrogens is 1. The van der Waals surface area contributed by atoms with E-state index in [4.69, 9.17) is 0 Å². The molecule has 1 aromatic carbocycles. The minimum atomic E-state index is -0.244. The lowest BCUT2D eigenvalue weighted by atomic mass is 10.1. The summed E-state index contributed by atoms with van der Waals surface area (Å²) in [5, 5.41) is 2.91. The number of nitrogens with zero attached hydrogens (tertiary/aromatic N) is 2. The van der Waals surface area contributed by atoms with Gasteiger partial charge in [0, 0.05) is 32.0 Å². The van der Waals surface area contributed by atoms with E-state index in [1.807, 2.05) is 19.1 Å². The Morgan fingerprint density at radius 2 is 1.74 bits per heavy atom. The normalized spacial score (nSPS) is 10.3. The van der Waals surface area contributed by atoms with E-state index in [9.17, 15) is 9.18 Å². The van der Waals surface area contributed by atoms with Crippen LogP contribution in [0, 0.1) is 5.82 Å². The van der Waals surface area contributed by atoms with Crippen molar-refractivity contribution in [3.8, 4) is 0 Å². The Kier molecular flexibility index (Phi) is 6.54. The lowest BCUT2D eigenvalue weighted by molar-refractivity contribution is 0.201. The van der Waals surface area contributed by atoms with Crippen LogP contribution < -0.4 is 5.32 Å². The molecule has 0 bridgehead atoms. The molecule has 1 aromatic heterocycles. The van der Waals surface area contributed by atoms with Gasteiger partial charge in [0.15, 0.2) is 0 Å². The van der Waals surface area contributed by atoms with Crippen LogP contribution in [0.3, 0.4) is 0 Å². The highest BCUT2D eigenvalue weighted by Crippen LogP contribution is 2.03. The third-order valence-electron chi connectivity index (χ3n) is 3.69. The molecule has 0 spiro atoms. The monoisotopic (exact) mass is 315 g/mol. The number of amides is 2. The molecule has 1 heterocycles. The number of carbonyl (C=O) groups is 1. The van der Waals surface area contributed by atoms with Crippen LogP contribution >= 0.6 is 0 Å². The Morgan fingerprint density at radius 3 is 2.39 bits per heavy atom. The van der Waals surface area contributed by atoms with Gasteiger partial charge in [-0.15, -0.1) is 0 Å². The summed E-state index contributed by atoms with van der Waals surface area (Å²) in [6.07, 6.45) is 5.01. The van der Waals surface area contributed by atoms with E-state index in [-0.39, 0.29) is 11.8 Å². The Hall–Kier alpha value is -2.43. The van der Waals surface area contributed by atoms with Crippen molar-refractivity contribution in [2.75, 3.05) is 19.6 Å². The van der Waals surface area contributed by atoms with E-state index in [0.717, 1.165) is 17.5 Å². The van der Waals surface area contributed by atoms with E-state index in [0.29, 0.717) is 26.1 Å². The molecule has 4 nitrogen and oxygen atoms in total. The average molecular weight is 315 g/mol. The largest absolute Gasteiger partial charge is 0.338 e. The van der Waals surface area contributed by atoms with E-state index >= 15 is 0 Å². The number of carbonyl (C=O) groups excluding carboxylic acids is 1. The first-order valence-electron chi connectivity index (χ1n) is 7.85. The lowest BCUT2D eigenvalue weighted by Crippen LogP contribution is -2.41. The Morgan fingerprint density at radius 1 is 1.09 bits per heavy atom. The van der Waals surface area contributed by atoms with Gasteiger partial charge < -0.3 is 10.2 Å². The van der Waals surface area contributed by atoms with Gasteiger partial charge >= 0.3 is 6.03 Å². The fourth-order valence-corrected chi connectivity index (χ4v) is 2.29. The molecule has 2 amide bonds. The average Bonchev–Trinajstić information content (AvgIpc) is 2.58. The van der Waals surface area contributed by atoms with Gasteiger partial charge in [-0.3, -0.25) is 4.98 Å². The zero-order valence-corrected chi connectivity index (χ0v) is 13.3. The number of hydrogen-bond acceptors (Lipinski definition) is 2. The van der Waals surface area contributed by atoms with Gasteiger partial charge in [0.2, 0.25) is 0 Å². The molecule has 1 N–H and O–H groups in total. The van der Waals surface area contributed by atoms with Crippen molar-refractivity contribution in [3.05, 3.63) is 65.7 Å². The molecule has 0 fully saturated rings. The van der Waals surface area contributed by atoms with E-state index < -0.39 is 0 Å². The molecule has 0 aliphatic heterocycles. The number of halogens is 1. The minimum absolute atomic E-state index is 0.0660. The number of likely N-dealkylation sites (N-methyl/N-ethyl adjacent to an activating group) is 1. The second-order valence-electron chi connectivity index (χ2n) is 5.29. The van der Waals surface area contributed by atoms with Gasteiger partial charge in [0.05, 0.1) is 0 Å². The van der Waals surface area contributed by atoms with Crippen molar-refractivity contribution in [2.24, 2.45) is 0 Å². The third-order valence-corrected chi connectivity index (χ3v) is 3.69. The standard InChI is InChI=1S/C18H22FN3O/c1-2-22(14-10-16-7-11-20-12-8-16)18(23)21-13-9-15-3-5-17(19)6-4-15/h3-8,11-12H,2,9-10,13-14H2,1H3,(H,21,23). The van der Waals surface area contributed by atoms with Crippen molar-refractivity contribution in [1.82, 2.24) is 15.2 Å². The number of urea groups is 1. The lowest BCUT2D eigenvalue weighted by Gasteiger charge is -2.21. The maximum absolute atomic E-state index is 12.8. The smallest absolute Gasteiger partial charge is 0.317 e. The molecule has 2 rings (SSSR count). The van der Waals surface area contributed by atoms with Crippen LogP contribution in [0.4, 0.5) is 9.18 Å². The van der Waals surface area contributed by atoms with Crippen LogP contribution in [0.1, 0.15) is 18.1 Å². The molecule has 0 aliphatic carbocycles. The second kappa shape index (κ2) is 8.88. The second-order valence-corrected chi connectivity index (χ2v) is 5.29. The van der Waals surface area contributed by atoms with Crippen molar-refractivity contribution in [1.29, 1.82) is 0 Å². The molecule has 0 aliphatic rings. The summed E-state index contributed by atoms with van der Waals surface area (Å²) in [5.74, 6) is -0.244. The summed E-state index contributed by atoms with van der Waals surface area (Å²) < 4.78 is 12.8. The van der Waals surface area contributed by atoms with Gasteiger partial charge in [0.1, 0.15) is 5.82 Å². The highest BCUT2D eigenvalue weighted by atomic mass is 19.1. The molecule has 0 saturated heterocycles. The summed E-state index contributed by atoms with van der Waals surface area (Å²) >= 11 is 0. The first-order chi connectivity index (χ1) is 11.2. The van der Waals surface area contributed by atoms with Crippen LogP contribution in [-0.4, -0.2) is 35.5 Å². The van der Waals surface area contributed by atoms with E-state index in [2.05, 4.69) is 10.3 Å². The van der Waals surface area contributed by atoms with Crippen LogP contribution in [0.25, 0.3) is 0 Å². The van der Waals surface area contributed by atoms with Gasteiger partial charge in [-0.25, -0.2) is 9.18 Å². The number of benzene rings is 1. The summed E-state index contributed by atoms with van der Waals surface area (Å²) in [7, 11) is 0. The van der Waals surface area contributed by atoms with Crippen molar-refractivity contribution >= 4 is 6.03 Å². The minimum Gasteiger partial charge on any atom is -0.338 e. The fourth-order valence-electron chi connectivity index (χ4n) is 2.29. The van der Waals surface area contributed by atoms with E-state index in [1.54, 1.807) is 29.4 Å². The predicted octanol–water partition coefficient (Wildman–Crippen LogP) is 3.04. The fraction of sp³-hybridized carbons (Fsp3) is 0.333. The Bertz CT molecular complexity index is 601. The zero-order valence-electron chi connectivity index (χ0n) is 13.3. The number of pyridine rings is 1. The number of hydrogen-bond donors (Lipinski definition) is 1. The first kappa shape index (κ1) is 16.9. The molecule has 23 heavy (non-hydrogen) atoms. The molecular weight excluding hydrogens is 293 g/mol. The quantitative estimate of drug-likeness (QED) is 0.853. The summed E-state index contributed by atoms with van der Waals surface area (Å²) in [6.45, 7) is 3.83. The molecular formula is C18H22FN3O. The molecule has 0 atom stereocenters. The SMILES string of the molecule is CCN(CCc1ccncc1)C(=O)NCCc1ccc(F)cc1. The van der Waals surface area contributed by atoms with Crippen molar-refractivity contribution < 1.29 is 9.18 Å². The van der Waals surface area contributed by atoms with Crippen LogP contribution in [0.2, 0.25) is 0 Å². The number of rotatable bonds is 7. The van der Waals surface area contributed by atoms with Crippen LogP contribution in [-0.2, 0) is 12.8 Å². The first-order valence-corrected chi connectivity index (χ1v) is 7.85. The zero-order chi connectivity index (χ0) is 16.5. The van der Waals surface area contributed by atoms with Crippen LogP contribution in [0.5, 0.6) is 0 Å². The highest BCUT2D eigenvalue weighted by Gasteiger charge is 2.10. The summed E-state index contributed by atoms with van der Waals surface area (Å²) in [4.78, 5) is 18.0. The van der Waals surface area contributed by atoms with Crippen molar-refractivity contribution in [3.63, 3.8) is 0 Å². The topological polar surface area (TPSA) is 45.2 Å². The number of nitrogens with one attached hydrogen (secondary N) is 1. The Balaban J connectivity index is 1.75. The van der Waals surface area contributed by atoms with Gasteiger partial charge in [-0.2, -0.15) is 0 Å². The van der Waals surface area contributed by atoms with Crippen molar-refractivity contribution in [2.45, 2.75) is 19.8 Å². The molecule has 5 heteroatoms. The maximum Gasteiger partial charge on any atom is 0.317 e. The highest BCUT2D eigenvalue weighted by molar-refractivity contribution is 5.74. The summed E-state index contributed by atoms with van der Waals surface area (Å²) in [5.41, 5.74) is 2.17. The third kappa shape index (κ3) is 5.70. The predicted molar refractivity (Wildman–Crippen MR) is 88.7 cm³/mol. The van der Waals surface area contributed by atoms with E-state index in [1.165, 1.54) is 12.1 Å². The molecule has 0 radical (unpaired) electrons. The molecule has 122 valence electrons. The van der Waals surface area contributed by atoms with Crippen LogP contribution in [0.15, 0.2) is 48.8 Å². The maximum atomic E-state index is 12.8. The molecule has 0 unspecified atom stereocenters. The Labute approximate surface area is 136 Å².